The fourth-order valence-corrected chi connectivity index (χ4v) is 5.37. The first-order valence-electron chi connectivity index (χ1n) is 10.4. The molecule has 0 unspecified atom stereocenters. The molecule has 5 heterocycles. The summed E-state index contributed by atoms with van der Waals surface area (Å²) >= 11 is 0. The monoisotopic (exact) mass is 446 g/mol. The number of rotatable bonds is 4. The molecule has 0 bridgehead atoms. The molecule has 3 aliphatic rings. The maximum absolute atomic E-state index is 12.0. The van der Waals surface area contributed by atoms with Crippen LogP contribution in [-0.4, -0.2) is 90.9 Å². The van der Waals surface area contributed by atoms with Crippen LogP contribution in [0.25, 0.3) is 11.3 Å². The molecule has 31 heavy (non-hydrogen) atoms. The normalized spacial score (nSPS) is 22.2. The molecule has 0 aromatic carbocycles. The van der Waals surface area contributed by atoms with Gasteiger partial charge in [0.15, 0.2) is 0 Å². The van der Waals surface area contributed by atoms with Crippen molar-refractivity contribution >= 4 is 27.7 Å². The smallest absolute Gasteiger partial charge is 0.228 e. The summed E-state index contributed by atoms with van der Waals surface area (Å²) in [4.78, 5) is 22.5. The molecule has 1 atom stereocenters. The summed E-state index contributed by atoms with van der Waals surface area (Å²) in [6.45, 7) is 4.52. The summed E-state index contributed by atoms with van der Waals surface area (Å²) in [6, 6.07) is 0.0962. The largest absolute Gasteiger partial charge is 0.378 e. The van der Waals surface area contributed by atoms with Gasteiger partial charge in [-0.1, -0.05) is 0 Å². The second-order valence-corrected chi connectivity index (χ2v) is 10.1. The molecule has 0 saturated carbocycles. The van der Waals surface area contributed by atoms with Gasteiger partial charge >= 0.3 is 0 Å². The van der Waals surface area contributed by atoms with E-state index in [2.05, 4.69) is 19.8 Å². The van der Waals surface area contributed by atoms with Gasteiger partial charge in [-0.3, -0.25) is 0 Å². The van der Waals surface area contributed by atoms with Crippen LogP contribution in [-0.2, 0) is 21.2 Å². The van der Waals surface area contributed by atoms with Gasteiger partial charge in [-0.15, -0.1) is 0 Å². The maximum atomic E-state index is 12.0. The third-order valence-corrected chi connectivity index (χ3v) is 7.39. The van der Waals surface area contributed by atoms with E-state index >= 15 is 0 Å². The first-order chi connectivity index (χ1) is 14.9. The number of morpholine rings is 1. The van der Waals surface area contributed by atoms with Gasteiger partial charge in [0.1, 0.15) is 5.82 Å². The Labute approximate surface area is 181 Å². The Morgan fingerprint density at radius 3 is 2.52 bits per heavy atom. The molecule has 0 aliphatic carbocycles. The summed E-state index contributed by atoms with van der Waals surface area (Å²) in [5.41, 5.74) is 8.33. The molecule has 2 aromatic heterocycles. The van der Waals surface area contributed by atoms with Crippen molar-refractivity contribution in [3.05, 3.63) is 18.0 Å². The zero-order valence-corrected chi connectivity index (χ0v) is 18.3. The van der Waals surface area contributed by atoms with Crippen LogP contribution < -0.4 is 15.5 Å². The van der Waals surface area contributed by atoms with Crippen LogP contribution in [0.4, 0.5) is 17.7 Å². The molecular formula is C19H26N8O3S. The summed E-state index contributed by atoms with van der Waals surface area (Å²) in [5, 5.41) is 0. The topological polar surface area (TPSA) is 131 Å². The van der Waals surface area contributed by atoms with Gasteiger partial charge in [0, 0.05) is 62.3 Å². The predicted molar refractivity (Wildman–Crippen MR) is 116 cm³/mol. The molecule has 11 nitrogen and oxygen atoms in total. The summed E-state index contributed by atoms with van der Waals surface area (Å²) in [6.07, 6.45) is 6.22. The van der Waals surface area contributed by atoms with Crippen molar-refractivity contribution in [1.82, 2.24) is 24.2 Å². The van der Waals surface area contributed by atoms with Crippen molar-refractivity contribution in [2.75, 3.05) is 67.7 Å². The Bertz CT molecular complexity index is 1070. The predicted octanol–water partition coefficient (Wildman–Crippen LogP) is -0.251. The van der Waals surface area contributed by atoms with Crippen molar-refractivity contribution in [3.8, 4) is 11.3 Å². The average Bonchev–Trinajstić information content (AvgIpc) is 3.41. The molecule has 2 fully saturated rings. The number of nitrogen functional groups attached to an aromatic ring is 1. The maximum Gasteiger partial charge on any atom is 0.228 e. The number of hydrogen-bond donors (Lipinski definition) is 1. The van der Waals surface area contributed by atoms with E-state index in [0.717, 1.165) is 55.1 Å². The molecule has 166 valence electrons. The number of hydrogen-bond acceptors (Lipinski definition) is 10. The van der Waals surface area contributed by atoms with Gasteiger partial charge in [-0.05, 0) is 12.8 Å². The Morgan fingerprint density at radius 1 is 1.10 bits per heavy atom. The first kappa shape index (κ1) is 20.3. The molecule has 12 heteroatoms. The van der Waals surface area contributed by atoms with E-state index in [0.29, 0.717) is 32.3 Å². The van der Waals surface area contributed by atoms with Gasteiger partial charge in [-0.25, -0.2) is 27.7 Å². The van der Waals surface area contributed by atoms with Crippen LogP contribution in [0.2, 0.25) is 0 Å². The third-order valence-electron chi connectivity index (χ3n) is 6.12. The molecule has 0 spiro atoms. The van der Waals surface area contributed by atoms with Gasteiger partial charge < -0.3 is 20.3 Å². The third kappa shape index (κ3) is 3.90. The van der Waals surface area contributed by atoms with E-state index in [1.807, 2.05) is 0 Å². The molecule has 2 N–H and O–H groups in total. The molecular weight excluding hydrogens is 420 g/mol. The van der Waals surface area contributed by atoms with Gasteiger partial charge in [0.25, 0.3) is 0 Å². The lowest BCUT2D eigenvalue weighted by molar-refractivity contribution is 0.122. The highest BCUT2D eigenvalue weighted by Gasteiger charge is 2.37. The number of nitrogens with two attached hydrogens (primary N) is 1. The van der Waals surface area contributed by atoms with Crippen LogP contribution in [0.15, 0.2) is 12.4 Å². The number of sulfonamides is 1. The molecule has 2 aromatic rings. The minimum absolute atomic E-state index is 0.0962. The number of aromatic nitrogens is 4. The zero-order valence-electron chi connectivity index (χ0n) is 17.4. The van der Waals surface area contributed by atoms with E-state index in [4.69, 9.17) is 20.4 Å². The fraction of sp³-hybridized carbons (Fsp3) is 0.579. The standard InChI is InChI=1S/C19H26N8O3S/c1-31(28,29)26-4-2-14(12-26)27-5-3-15-16(13-10-21-18(20)22-11-13)23-19(24-17(15)27)25-6-8-30-9-7-25/h10-11,14H,2-9,12H2,1H3,(H2,20,21,22)/t14-/m1/s1. The Kier molecular flexibility index (Phi) is 5.15. The Balaban J connectivity index is 1.54. The zero-order chi connectivity index (χ0) is 21.6. The van der Waals surface area contributed by atoms with Crippen molar-refractivity contribution in [3.63, 3.8) is 0 Å². The van der Waals surface area contributed by atoms with E-state index in [1.165, 1.54) is 6.26 Å². The van der Waals surface area contributed by atoms with E-state index in [-0.39, 0.29) is 12.0 Å². The lowest BCUT2D eigenvalue weighted by Crippen LogP contribution is -2.39. The molecule has 3 aliphatic heterocycles. The van der Waals surface area contributed by atoms with Crippen LogP contribution in [0.1, 0.15) is 12.0 Å². The van der Waals surface area contributed by atoms with Crippen molar-refractivity contribution < 1.29 is 13.2 Å². The molecule has 0 amide bonds. The van der Waals surface area contributed by atoms with Crippen molar-refractivity contribution in [2.45, 2.75) is 18.9 Å². The fourth-order valence-electron chi connectivity index (χ4n) is 4.49. The van der Waals surface area contributed by atoms with Crippen LogP contribution in [0, 0.1) is 0 Å². The van der Waals surface area contributed by atoms with Crippen molar-refractivity contribution in [2.24, 2.45) is 0 Å². The second-order valence-electron chi connectivity index (χ2n) is 8.11. The number of fused-ring (bicyclic) bond motifs is 1. The Hall–Kier alpha value is -2.57. The highest BCUT2D eigenvalue weighted by molar-refractivity contribution is 7.88. The van der Waals surface area contributed by atoms with Gasteiger partial charge in [0.05, 0.1) is 25.2 Å². The van der Waals surface area contributed by atoms with E-state index < -0.39 is 10.0 Å². The number of anilines is 3. The first-order valence-corrected chi connectivity index (χ1v) is 12.3. The SMILES string of the molecule is CS(=O)(=O)N1CC[C@@H](N2CCc3c(-c4cnc(N)nc4)nc(N4CCOCC4)nc32)C1. The van der Waals surface area contributed by atoms with Crippen LogP contribution >= 0.6 is 0 Å². The van der Waals surface area contributed by atoms with Crippen LogP contribution in [0.3, 0.4) is 0 Å². The average molecular weight is 447 g/mol. The van der Waals surface area contributed by atoms with Crippen molar-refractivity contribution in [1.29, 1.82) is 0 Å². The molecule has 0 radical (unpaired) electrons. The molecule has 5 rings (SSSR count). The minimum atomic E-state index is -3.20. The highest BCUT2D eigenvalue weighted by Crippen LogP contribution is 2.37. The van der Waals surface area contributed by atoms with E-state index in [1.54, 1.807) is 16.7 Å². The summed E-state index contributed by atoms with van der Waals surface area (Å²) < 4.78 is 31.0. The van der Waals surface area contributed by atoms with Crippen LogP contribution in [0.5, 0.6) is 0 Å². The second kappa shape index (κ2) is 7.84. The lowest BCUT2D eigenvalue weighted by atomic mass is 10.1. The Morgan fingerprint density at radius 2 is 1.84 bits per heavy atom. The van der Waals surface area contributed by atoms with Gasteiger partial charge in [0.2, 0.25) is 21.9 Å². The number of ether oxygens (including phenoxy) is 1. The quantitative estimate of drug-likeness (QED) is 0.671. The lowest BCUT2D eigenvalue weighted by Gasteiger charge is -2.30. The summed E-state index contributed by atoms with van der Waals surface area (Å²) in [5.74, 6) is 1.75. The highest BCUT2D eigenvalue weighted by atomic mass is 32.2. The van der Waals surface area contributed by atoms with E-state index in [9.17, 15) is 8.42 Å². The number of nitrogens with zero attached hydrogens (tertiary/aromatic N) is 7. The summed E-state index contributed by atoms with van der Waals surface area (Å²) in [7, 11) is -3.20. The minimum Gasteiger partial charge on any atom is -0.378 e. The molecule has 2 saturated heterocycles. The van der Waals surface area contributed by atoms with Gasteiger partial charge in [-0.2, -0.15) is 4.98 Å².